The lowest BCUT2D eigenvalue weighted by Crippen LogP contribution is -2.62. The fraction of sp³-hybridized carbons (Fsp3) is 0.657. The summed E-state index contributed by atoms with van der Waals surface area (Å²) >= 11 is 0. The number of piperidine rings is 1. The van der Waals surface area contributed by atoms with Gasteiger partial charge >= 0.3 is 6.09 Å². The van der Waals surface area contributed by atoms with Crippen molar-refractivity contribution in [3.8, 4) is 11.4 Å². The van der Waals surface area contributed by atoms with Gasteiger partial charge in [-0.1, -0.05) is 25.7 Å². The molecule has 6 heterocycles. The highest BCUT2D eigenvalue weighted by Crippen LogP contribution is 2.41. The number of carbonyl (C=O) groups excluding carboxylic acids is 1. The molecule has 3 aliphatic heterocycles. The van der Waals surface area contributed by atoms with E-state index in [0.29, 0.717) is 19.9 Å². The molecule has 0 aromatic carbocycles. The number of rotatable bonds is 10. The van der Waals surface area contributed by atoms with E-state index in [1.807, 2.05) is 31.9 Å². The summed E-state index contributed by atoms with van der Waals surface area (Å²) in [5.41, 5.74) is 3.83. The predicted octanol–water partition coefficient (Wildman–Crippen LogP) is 5.52. The molecule has 0 N–H and O–H groups in total. The third kappa shape index (κ3) is 8.33. The van der Waals surface area contributed by atoms with Crippen LogP contribution in [0.4, 0.5) is 10.6 Å². The molecule has 6 rings (SSSR count). The number of aromatic nitrogens is 4. The molecule has 11 nitrogen and oxygen atoms in total. The third-order valence-electron chi connectivity index (χ3n) is 9.62. The summed E-state index contributed by atoms with van der Waals surface area (Å²) in [6.07, 6.45) is 6.72. The lowest BCUT2D eigenvalue weighted by molar-refractivity contribution is -0.0590. The van der Waals surface area contributed by atoms with Crippen molar-refractivity contribution in [2.75, 3.05) is 70.5 Å². The van der Waals surface area contributed by atoms with Crippen LogP contribution in [-0.4, -0.2) is 115 Å². The summed E-state index contributed by atoms with van der Waals surface area (Å²) in [4.78, 5) is 33.5. The van der Waals surface area contributed by atoms with Gasteiger partial charge in [0.05, 0.1) is 30.0 Å². The van der Waals surface area contributed by atoms with E-state index in [1.165, 1.54) is 5.56 Å². The number of carbonyl (C=O) groups is 1. The number of fused-ring (bicyclic) bond motifs is 1. The Kier molecular flexibility index (Phi) is 9.94. The minimum atomic E-state index is -1.20. The largest absolute Gasteiger partial charge is 0.444 e. The van der Waals surface area contributed by atoms with E-state index < -0.39 is 13.7 Å². The molecule has 3 fully saturated rings. The van der Waals surface area contributed by atoms with Crippen LogP contribution < -0.4 is 4.90 Å². The number of morpholine rings is 1. The zero-order valence-corrected chi connectivity index (χ0v) is 30.3. The highest BCUT2D eigenvalue weighted by Gasteiger charge is 2.47. The molecule has 47 heavy (non-hydrogen) atoms. The van der Waals surface area contributed by atoms with Crippen molar-refractivity contribution in [2.24, 2.45) is 5.41 Å². The highest BCUT2D eigenvalue weighted by molar-refractivity contribution is 6.76. The number of hydrogen-bond donors (Lipinski definition) is 0. The Hall–Kier alpha value is -3.06. The van der Waals surface area contributed by atoms with Gasteiger partial charge < -0.3 is 28.9 Å². The van der Waals surface area contributed by atoms with Gasteiger partial charge in [-0.2, -0.15) is 0 Å². The molecule has 0 bridgehead atoms. The summed E-state index contributed by atoms with van der Waals surface area (Å²) in [7, 11) is -1.20. The Labute approximate surface area is 280 Å². The van der Waals surface area contributed by atoms with Gasteiger partial charge in [0.1, 0.15) is 30.1 Å². The van der Waals surface area contributed by atoms with Gasteiger partial charge in [0.2, 0.25) is 0 Å². The molecule has 3 aromatic rings. The molecule has 0 radical (unpaired) electrons. The van der Waals surface area contributed by atoms with Gasteiger partial charge in [-0.3, -0.25) is 9.55 Å². The van der Waals surface area contributed by atoms with Crippen molar-refractivity contribution in [1.29, 1.82) is 0 Å². The minimum Gasteiger partial charge on any atom is -0.444 e. The van der Waals surface area contributed by atoms with Crippen LogP contribution in [0.5, 0.6) is 0 Å². The Morgan fingerprint density at radius 1 is 1.02 bits per heavy atom. The first-order chi connectivity index (χ1) is 22.4. The number of likely N-dealkylation sites (tertiary alicyclic amines) is 2. The summed E-state index contributed by atoms with van der Waals surface area (Å²) in [5, 5.41) is 1.02. The maximum absolute atomic E-state index is 12.4. The van der Waals surface area contributed by atoms with Crippen LogP contribution in [0.1, 0.15) is 39.2 Å². The first-order valence-electron chi connectivity index (χ1n) is 17.3. The number of ether oxygens (including phenoxy) is 3. The van der Waals surface area contributed by atoms with E-state index in [9.17, 15) is 4.79 Å². The fourth-order valence-corrected chi connectivity index (χ4v) is 7.51. The maximum atomic E-state index is 12.4. The van der Waals surface area contributed by atoms with Crippen LogP contribution in [0.15, 0.2) is 30.7 Å². The second kappa shape index (κ2) is 13.8. The quantitative estimate of drug-likeness (QED) is 0.205. The van der Waals surface area contributed by atoms with E-state index in [4.69, 9.17) is 29.2 Å². The monoisotopic (exact) mass is 663 g/mol. The maximum Gasteiger partial charge on any atom is 0.410 e. The smallest absolute Gasteiger partial charge is 0.410 e. The van der Waals surface area contributed by atoms with E-state index in [0.717, 1.165) is 106 Å². The molecule has 12 heteroatoms. The zero-order chi connectivity index (χ0) is 33.2. The average molecular weight is 664 g/mol. The first kappa shape index (κ1) is 33.8. The van der Waals surface area contributed by atoms with E-state index in [2.05, 4.69) is 52.2 Å². The molecule has 0 aliphatic carbocycles. The molecule has 3 saturated heterocycles. The Morgan fingerprint density at radius 2 is 1.77 bits per heavy atom. The second-order valence-electron chi connectivity index (χ2n) is 15.8. The lowest BCUT2D eigenvalue weighted by atomic mass is 9.72. The van der Waals surface area contributed by atoms with Crippen LogP contribution in [-0.2, 0) is 27.4 Å². The van der Waals surface area contributed by atoms with Crippen LogP contribution >= 0.6 is 0 Å². The van der Waals surface area contributed by atoms with Crippen molar-refractivity contribution in [3.05, 3.63) is 36.3 Å². The molecular weight excluding hydrogens is 611 g/mol. The second-order valence-corrected chi connectivity index (χ2v) is 21.4. The molecule has 3 aliphatic rings. The van der Waals surface area contributed by atoms with Gasteiger partial charge in [0.25, 0.3) is 0 Å². The molecular formula is C35H53N7O4Si. The van der Waals surface area contributed by atoms with E-state index in [-0.39, 0.29) is 11.5 Å². The van der Waals surface area contributed by atoms with E-state index in [1.54, 1.807) is 6.33 Å². The van der Waals surface area contributed by atoms with Crippen LogP contribution in [0.3, 0.4) is 0 Å². The fourth-order valence-electron chi connectivity index (χ4n) is 6.75. The SMILES string of the molecule is CC(C)(C)OC(=O)N1CC2(CCN(CCc3ccc(-c4cc5c(N6CCOCC6)ncnc5n4COCC[Si](C)(C)C)nc3)CC2)C1. The normalized spacial score (nSPS) is 18.9. The van der Waals surface area contributed by atoms with Crippen LogP contribution in [0.2, 0.25) is 25.7 Å². The first-order valence-corrected chi connectivity index (χ1v) is 21.0. The molecule has 1 spiro atoms. The summed E-state index contributed by atoms with van der Waals surface area (Å²) in [6, 6.07) is 7.64. The van der Waals surface area contributed by atoms with Crippen LogP contribution in [0.25, 0.3) is 22.4 Å². The number of nitrogens with zero attached hydrogens (tertiary/aromatic N) is 7. The van der Waals surface area contributed by atoms with Gasteiger partial charge in [0, 0.05) is 59.0 Å². The lowest BCUT2D eigenvalue weighted by Gasteiger charge is -2.53. The molecule has 0 saturated carbocycles. The number of anilines is 1. The zero-order valence-electron chi connectivity index (χ0n) is 29.3. The summed E-state index contributed by atoms with van der Waals surface area (Å²) < 4.78 is 19.6. The number of amides is 1. The van der Waals surface area contributed by atoms with E-state index >= 15 is 0 Å². The molecule has 256 valence electrons. The Morgan fingerprint density at radius 3 is 2.43 bits per heavy atom. The van der Waals surface area contributed by atoms with Crippen LogP contribution in [0, 0.1) is 5.41 Å². The van der Waals surface area contributed by atoms with Gasteiger partial charge in [-0.25, -0.2) is 14.8 Å². The van der Waals surface area contributed by atoms with Gasteiger partial charge in [-0.05, 0) is 76.9 Å². The Balaban J connectivity index is 1.09. The topological polar surface area (TPSA) is 98.1 Å². The average Bonchev–Trinajstić information content (AvgIpc) is 3.39. The van der Waals surface area contributed by atoms with Gasteiger partial charge in [-0.15, -0.1) is 0 Å². The van der Waals surface area contributed by atoms with Crippen molar-refractivity contribution in [1.82, 2.24) is 29.3 Å². The minimum absolute atomic E-state index is 0.179. The van der Waals surface area contributed by atoms with Crippen molar-refractivity contribution >= 4 is 31.0 Å². The number of pyridine rings is 1. The Bertz CT molecular complexity index is 1510. The van der Waals surface area contributed by atoms with Crippen molar-refractivity contribution < 1.29 is 19.0 Å². The summed E-state index contributed by atoms with van der Waals surface area (Å²) in [5.74, 6) is 0.944. The van der Waals surface area contributed by atoms with Crippen molar-refractivity contribution in [2.45, 2.75) is 78.1 Å². The molecule has 3 aromatic heterocycles. The van der Waals surface area contributed by atoms with Gasteiger partial charge in [0.15, 0.2) is 0 Å². The molecule has 1 amide bonds. The highest BCUT2D eigenvalue weighted by atomic mass is 28.3. The number of hydrogen-bond acceptors (Lipinski definition) is 9. The molecule has 0 atom stereocenters. The van der Waals surface area contributed by atoms with Crippen molar-refractivity contribution in [3.63, 3.8) is 0 Å². The standard InChI is InChI=1S/C35H53N7O4Si/c1-34(2,3)46-33(43)41-23-35(24-41)10-13-39(14-11-35)12-9-27-7-8-29(36-22-27)30-21-28-31(40-15-17-44-18-16-40)37-25-38-32(28)42(30)26-45-19-20-47(4,5)6/h7-8,21-22,25H,9-20,23-24,26H2,1-6H3. The summed E-state index contributed by atoms with van der Waals surface area (Å²) in [6.45, 7) is 21.9. The third-order valence-corrected chi connectivity index (χ3v) is 11.3. The predicted molar refractivity (Wildman–Crippen MR) is 188 cm³/mol. The molecule has 0 unspecified atom stereocenters.